The first-order valence-electron chi connectivity index (χ1n) is 9.28. The van der Waals surface area contributed by atoms with E-state index in [0.29, 0.717) is 11.7 Å². The number of carbonyl (C=O) groups is 1. The molecule has 25 heavy (non-hydrogen) atoms. The monoisotopic (exact) mass is 338 g/mol. The summed E-state index contributed by atoms with van der Waals surface area (Å²) in [6.45, 7) is 5.99. The molecule has 0 bridgehead atoms. The molecule has 1 aromatic carbocycles. The Hall–Kier alpha value is -2.27. The largest absolute Gasteiger partial charge is 0.369 e. The SMILES string of the molecule is O=C(c1ccc[nH]1)N1CCCC(N2CCN(c3ccccc3)CC2)C1. The fourth-order valence-electron chi connectivity index (χ4n) is 4.06. The number of rotatable bonds is 3. The standard InChI is InChI=1S/C20H26N4O/c25-20(19-9-4-10-21-19)24-11-5-8-18(16-24)23-14-12-22(13-15-23)17-6-2-1-3-7-17/h1-4,6-7,9-10,18,21H,5,8,11-16H2. The maximum atomic E-state index is 12.6. The number of nitrogens with one attached hydrogen (secondary N) is 1. The predicted molar refractivity (Wildman–Crippen MR) is 99.9 cm³/mol. The van der Waals surface area contributed by atoms with Gasteiger partial charge in [-0.05, 0) is 37.1 Å². The number of benzene rings is 1. The fourth-order valence-corrected chi connectivity index (χ4v) is 4.06. The number of piperidine rings is 1. The third kappa shape index (κ3) is 3.56. The minimum Gasteiger partial charge on any atom is -0.369 e. The number of aromatic nitrogens is 1. The van der Waals surface area contributed by atoms with Crippen LogP contribution >= 0.6 is 0 Å². The molecule has 0 spiro atoms. The van der Waals surface area contributed by atoms with Crippen LogP contribution in [0, 0.1) is 0 Å². The molecule has 0 saturated carbocycles. The minimum absolute atomic E-state index is 0.137. The summed E-state index contributed by atoms with van der Waals surface area (Å²) >= 11 is 0. The zero-order chi connectivity index (χ0) is 17.1. The Bertz CT molecular complexity index is 677. The van der Waals surface area contributed by atoms with Gasteiger partial charge in [-0.15, -0.1) is 0 Å². The van der Waals surface area contributed by atoms with Gasteiger partial charge in [0.05, 0.1) is 0 Å². The van der Waals surface area contributed by atoms with Crippen molar-refractivity contribution in [3.05, 3.63) is 54.4 Å². The number of likely N-dealkylation sites (tertiary alicyclic amines) is 1. The van der Waals surface area contributed by atoms with Crippen LogP contribution < -0.4 is 4.90 Å². The van der Waals surface area contributed by atoms with Crippen molar-refractivity contribution in [1.29, 1.82) is 0 Å². The number of hydrogen-bond donors (Lipinski definition) is 1. The van der Waals surface area contributed by atoms with Crippen molar-refractivity contribution >= 4 is 11.6 Å². The Balaban J connectivity index is 1.34. The smallest absolute Gasteiger partial charge is 0.270 e. The van der Waals surface area contributed by atoms with Gasteiger partial charge in [-0.2, -0.15) is 0 Å². The molecule has 1 amide bonds. The van der Waals surface area contributed by atoms with E-state index in [1.54, 1.807) is 0 Å². The number of carbonyl (C=O) groups excluding carboxylic acids is 1. The van der Waals surface area contributed by atoms with Gasteiger partial charge < -0.3 is 14.8 Å². The molecule has 1 unspecified atom stereocenters. The number of nitrogens with zero attached hydrogens (tertiary/aromatic N) is 3. The second-order valence-electron chi connectivity index (χ2n) is 6.99. The fraction of sp³-hybridized carbons (Fsp3) is 0.450. The van der Waals surface area contributed by atoms with Crippen molar-refractivity contribution < 1.29 is 4.79 Å². The van der Waals surface area contributed by atoms with E-state index in [1.165, 1.54) is 12.1 Å². The molecule has 1 N–H and O–H groups in total. The highest BCUT2D eigenvalue weighted by Crippen LogP contribution is 2.21. The van der Waals surface area contributed by atoms with Crippen LogP contribution in [0.2, 0.25) is 0 Å². The molecule has 4 rings (SSSR count). The van der Waals surface area contributed by atoms with Crippen LogP contribution in [0.4, 0.5) is 5.69 Å². The zero-order valence-electron chi connectivity index (χ0n) is 14.6. The van der Waals surface area contributed by atoms with Gasteiger partial charge >= 0.3 is 0 Å². The van der Waals surface area contributed by atoms with Gasteiger partial charge in [-0.25, -0.2) is 0 Å². The van der Waals surface area contributed by atoms with Crippen molar-refractivity contribution in [2.45, 2.75) is 18.9 Å². The summed E-state index contributed by atoms with van der Waals surface area (Å²) in [7, 11) is 0. The minimum atomic E-state index is 0.137. The Morgan fingerprint density at radius 1 is 0.960 bits per heavy atom. The Morgan fingerprint density at radius 3 is 2.48 bits per heavy atom. The molecule has 0 aliphatic carbocycles. The van der Waals surface area contributed by atoms with Gasteiger partial charge in [0, 0.05) is 57.2 Å². The second kappa shape index (κ2) is 7.31. The molecular formula is C20H26N4O. The van der Waals surface area contributed by atoms with Gasteiger partial charge in [-0.1, -0.05) is 18.2 Å². The van der Waals surface area contributed by atoms with E-state index < -0.39 is 0 Å². The Morgan fingerprint density at radius 2 is 1.76 bits per heavy atom. The summed E-state index contributed by atoms with van der Waals surface area (Å²) in [4.78, 5) is 22.7. The number of para-hydroxylation sites is 1. The molecule has 2 fully saturated rings. The predicted octanol–water partition coefficient (Wildman–Crippen LogP) is 2.44. The molecular weight excluding hydrogens is 312 g/mol. The highest BCUT2D eigenvalue weighted by atomic mass is 16.2. The highest BCUT2D eigenvalue weighted by Gasteiger charge is 2.30. The van der Waals surface area contributed by atoms with Crippen LogP contribution in [0.1, 0.15) is 23.3 Å². The van der Waals surface area contributed by atoms with Crippen LogP contribution in [0.5, 0.6) is 0 Å². The molecule has 5 heteroatoms. The first kappa shape index (κ1) is 16.2. The van der Waals surface area contributed by atoms with Crippen LogP contribution in [-0.4, -0.2) is 66.0 Å². The summed E-state index contributed by atoms with van der Waals surface area (Å²) in [5, 5.41) is 0. The third-order valence-electron chi connectivity index (χ3n) is 5.46. The summed E-state index contributed by atoms with van der Waals surface area (Å²) in [6, 6.07) is 14.9. The summed E-state index contributed by atoms with van der Waals surface area (Å²) in [5.74, 6) is 0.137. The second-order valence-corrected chi connectivity index (χ2v) is 6.99. The van der Waals surface area contributed by atoms with E-state index in [4.69, 9.17) is 0 Å². The van der Waals surface area contributed by atoms with E-state index in [9.17, 15) is 4.79 Å². The normalized spacial score (nSPS) is 22.2. The van der Waals surface area contributed by atoms with Crippen LogP contribution in [0.25, 0.3) is 0 Å². The highest BCUT2D eigenvalue weighted by molar-refractivity contribution is 5.92. The molecule has 132 valence electrons. The van der Waals surface area contributed by atoms with Gasteiger partial charge in [0.2, 0.25) is 0 Å². The average molecular weight is 338 g/mol. The molecule has 0 radical (unpaired) electrons. The van der Waals surface area contributed by atoms with Crippen molar-refractivity contribution in [2.24, 2.45) is 0 Å². The molecule has 1 aromatic heterocycles. The quantitative estimate of drug-likeness (QED) is 0.935. The molecule has 2 saturated heterocycles. The molecule has 2 aliphatic heterocycles. The number of piperazine rings is 1. The maximum absolute atomic E-state index is 12.6. The van der Waals surface area contributed by atoms with Crippen molar-refractivity contribution in [1.82, 2.24) is 14.8 Å². The molecule has 2 aromatic rings. The van der Waals surface area contributed by atoms with E-state index in [0.717, 1.165) is 45.7 Å². The van der Waals surface area contributed by atoms with Crippen LogP contribution in [-0.2, 0) is 0 Å². The molecule has 3 heterocycles. The Labute approximate surface area is 149 Å². The van der Waals surface area contributed by atoms with E-state index in [1.807, 2.05) is 23.2 Å². The molecule has 5 nitrogen and oxygen atoms in total. The first-order valence-corrected chi connectivity index (χ1v) is 9.28. The number of anilines is 1. The summed E-state index contributed by atoms with van der Waals surface area (Å²) in [5.41, 5.74) is 2.02. The first-order chi connectivity index (χ1) is 12.3. The van der Waals surface area contributed by atoms with Gasteiger partial charge in [0.25, 0.3) is 5.91 Å². The lowest BCUT2D eigenvalue weighted by atomic mass is 10.0. The number of hydrogen-bond acceptors (Lipinski definition) is 3. The van der Waals surface area contributed by atoms with Crippen molar-refractivity contribution in [3.63, 3.8) is 0 Å². The lowest BCUT2D eigenvalue weighted by Gasteiger charge is -2.43. The summed E-state index contributed by atoms with van der Waals surface area (Å²) < 4.78 is 0. The number of aromatic amines is 1. The van der Waals surface area contributed by atoms with Crippen LogP contribution in [0.3, 0.4) is 0 Å². The van der Waals surface area contributed by atoms with Gasteiger partial charge in [-0.3, -0.25) is 9.69 Å². The Kier molecular flexibility index (Phi) is 4.74. The molecule has 2 aliphatic rings. The summed E-state index contributed by atoms with van der Waals surface area (Å²) in [6.07, 6.45) is 4.10. The van der Waals surface area contributed by atoms with Crippen molar-refractivity contribution in [3.8, 4) is 0 Å². The van der Waals surface area contributed by atoms with Crippen molar-refractivity contribution in [2.75, 3.05) is 44.2 Å². The van der Waals surface area contributed by atoms with Gasteiger partial charge in [0.15, 0.2) is 0 Å². The third-order valence-corrected chi connectivity index (χ3v) is 5.46. The van der Waals surface area contributed by atoms with Gasteiger partial charge in [0.1, 0.15) is 5.69 Å². The maximum Gasteiger partial charge on any atom is 0.270 e. The lowest BCUT2D eigenvalue weighted by molar-refractivity contribution is 0.0559. The number of H-pyrrole nitrogens is 1. The molecule has 1 atom stereocenters. The lowest BCUT2D eigenvalue weighted by Crippen LogP contribution is -2.55. The van der Waals surface area contributed by atoms with E-state index in [-0.39, 0.29) is 5.91 Å². The van der Waals surface area contributed by atoms with Crippen LogP contribution in [0.15, 0.2) is 48.7 Å². The topological polar surface area (TPSA) is 42.6 Å². The average Bonchev–Trinajstić information content (AvgIpc) is 3.23. The van der Waals surface area contributed by atoms with E-state index in [2.05, 4.69) is 45.1 Å². The van der Waals surface area contributed by atoms with E-state index >= 15 is 0 Å². The number of amides is 1. The zero-order valence-corrected chi connectivity index (χ0v) is 14.6.